The molecule has 0 unspecified atom stereocenters. The van der Waals surface area contributed by atoms with Gasteiger partial charge in [0.2, 0.25) is 0 Å². The standard InChI is InChI=1S/C21H27ClN4/c1-3-4-7-10-16(2)13-14-26-15-23-18-19(22)24-20(25-21(18)26)17-11-8-5-6-9-12-17/h3-4,7,10,15,17H,1,5-6,8-9,11-14H2,2H3/b7-4-,16-10+. The molecule has 0 N–H and O–H groups in total. The minimum absolute atomic E-state index is 0.424. The fourth-order valence-electron chi connectivity index (χ4n) is 3.49. The van der Waals surface area contributed by atoms with Crippen LogP contribution in [0.25, 0.3) is 11.2 Å². The summed E-state index contributed by atoms with van der Waals surface area (Å²) in [6, 6.07) is 0. The Morgan fingerprint density at radius 1 is 1.23 bits per heavy atom. The summed E-state index contributed by atoms with van der Waals surface area (Å²) in [4.78, 5) is 13.9. The van der Waals surface area contributed by atoms with E-state index in [-0.39, 0.29) is 0 Å². The van der Waals surface area contributed by atoms with Crippen molar-refractivity contribution in [2.75, 3.05) is 0 Å². The van der Waals surface area contributed by atoms with Crippen LogP contribution in [0.4, 0.5) is 0 Å². The molecular formula is C21H27ClN4. The van der Waals surface area contributed by atoms with Crippen molar-refractivity contribution in [3.05, 3.63) is 53.8 Å². The first-order valence-corrected chi connectivity index (χ1v) is 9.90. The first-order valence-electron chi connectivity index (χ1n) is 9.52. The zero-order valence-corrected chi connectivity index (χ0v) is 16.3. The summed E-state index contributed by atoms with van der Waals surface area (Å²) in [7, 11) is 0. The molecule has 2 aromatic rings. The van der Waals surface area contributed by atoms with Crippen molar-refractivity contribution in [2.24, 2.45) is 0 Å². The van der Waals surface area contributed by atoms with Gasteiger partial charge in [0.25, 0.3) is 0 Å². The number of fused-ring (bicyclic) bond motifs is 1. The van der Waals surface area contributed by atoms with Gasteiger partial charge in [-0.2, -0.15) is 0 Å². The SMILES string of the molecule is C=C/C=C\C=C(/C)CCn1cnc2c(Cl)nc(C3CCCCCC3)nc21. The average Bonchev–Trinajstić information content (AvgIpc) is 2.86. The van der Waals surface area contributed by atoms with E-state index in [1.54, 1.807) is 6.08 Å². The lowest BCUT2D eigenvalue weighted by atomic mass is 9.99. The second-order valence-electron chi connectivity index (χ2n) is 7.05. The molecule has 138 valence electrons. The van der Waals surface area contributed by atoms with Gasteiger partial charge in [-0.05, 0) is 26.2 Å². The third-order valence-electron chi connectivity index (χ3n) is 5.03. The summed E-state index contributed by atoms with van der Waals surface area (Å²) in [5.41, 5.74) is 2.87. The van der Waals surface area contributed by atoms with Crippen LogP contribution in [-0.2, 0) is 6.54 Å². The number of hydrogen-bond donors (Lipinski definition) is 0. The maximum Gasteiger partial charge on any atom is 0.165 e. The zero-order valence-electron chi connectivity index (χ0n) is 15.5. The fourth-order valence-corrected chi connectivity index (χ4v) is 3.71. The van der Waals surface area contributed by atoms with Crippen LogP contribution in [0.2, 0.25) is 5.15 Å². The summed E-state index contributed by atoms with van der Waals surface area (Å²) in [5.74, 6) is 1.32. The Bertz CT molecular complexity index is 811. The highest BCUT2D eigenvalue weighted by atomic mass is 35.5. The van der Waals surface area contributed by atoms with Gasteiger partial charge in [0.15, 0.2) is 10.8 Å². The number of rotatable bonds is 6. The van der Waals surface area contributed by atoms with Crippen LogP contribution in [0.1, 0.15) is 63.6 Å². The van der Waals surface area contributed by atoms with Crippen molar-refractivity contribution >= 4 is 22.8 Å². The number of allylic oxidation sites excluding steroid dienone is 5. The molecular weight excluding hydrogens is 344 g/mol. The second kappa shape index (κ2) is 9.13. The van der Waals surface area contributed by atoms with Crippen LogP contribution in [0.5, 0.6) is 0 Å². The fraction of sp³-hybridized carbons (Fsp3) is 0.476. The molecule has 2 aromatic heterocycles. The van der Waals surface area contributed by atoms with E-state index in [0.29, 0.717) is 16.6 Å². The van der Waals surface area contributed by atoms with Crippen molar-refractivity contribution in [1.82, 2.24) is 19.5 Å². The Labute approximate surface area is 160 Å². The molecule has 0 spiro atoms. The summed E-state index contributed by atoms with van der Waals surface area (Å²) in [6.45, 7) is 6.65. The summed E-state index contributed by atoms with van der Waals surface area (Å²) in [5, 5.41) is 0.481. The van der Waals surface area contributed by atoms with Crippen LogP contribution in [0, 0.1) is 0 Å². The Balaban J connectivity index is 1.81. The number of aryl methyl sites for hydroxylation is 1. The van der Waals surface area contributed by atoms with Gasteiger partial charge in [0, 0.05) is 12.5 Å². The van der Waals surface area contributed by atoms with Crippen molar-refractivity contribution in [2.45, 2.75) is 64.3 Å². The molecule has 0 atom stereocenters. The lowest BCUT2D eigenvalue weighted by molar-refractivity contribution is 0.561. The molecule has 0 saturated heterocycles. The monoisotopic (exact) mass is 370 g/mol. The summed E-state index contributed by atoms with van der Waals surface area (Å²) in [6.07, 6.45) is 18.1. The third kappa shape index (κ3) is 4.61. The van der Waals surface area contributed by atoms with E-state index in [2.05, 4.69) is 34.1 Å². The number of hydrogen-bond acceptors (Lipinski definition) is 3. The Morgan fingerprint density at radius 3 is 2.73 bits per heavy atom. The van der Waals surface area contributed by atoms with E-state index < -0.39 is 0 Å². The van der Waals surface area contributed by atoms with Crippen molar-refractivity contribution < 1.29 is 0 Å². The summed E-state index contributed by atoms with van der Waals surface area (Å²) >= 11 is 6.43. The van der Waals surface area contributed by atoms with E-state index in [9.17, 15) is 0 Å². The predicted molar refractivity (Wildman–Crippen MR) is 108 cm³/mol. The average molecular weight is 371 g/mol. The van der Waals surface area contributed by atoms with Crippen LogP contribution in [0.3, 0.4) is 0 Å². The van der Waals surface area contributed by atoms with E-state index in [0.717, 1.165) is 37.3 Å². The predicted octanol–water partition coefficient (Wildman–Crippen LogP) is 6.00. The molecule has 4 nitrogen and oxygen atoms in total. The van der Waals surface area contributed by atoms with Gasteiger partial charge in [-0.15, -0.1) is 0 Å². The quantitative estimate of drug-likeness (QED) is 0.356. The van der Waals surface area contributed by atoms with E-state index in [1.807, 2.05) is 18.5 Å². The van der Waals surface area contributed by atoms with Gasteiger partial charge in [0.05, 0.1) is 6.33 Å². The maximum absolute atomic E-state index is 6.43. The molecule has 0 amide bonds. The second-order valence-corrected chi connectivity index (χ2v) is 7.41. The summed E-state index contributed by atoms with van der Waals surface area (Å²) < 4.78 is 2.09. The zero-order chi connectivity index (χ0) is 18.4. The topological polar surface area (TPSA) is 43.6 Å². The molecule has 1 aliphatic carbocycles. The molecule has 1 fully saturated rings. The normalized spacial score (nSPS) is 17.1. The number of nitrogens with zero attached hydrogens (tertiary/aromatic N) is 4. The molecule has 1 aliphatic rings. The first kappa shape index (κ1) is 18.8. The van der Waals surface area contributed by atoms with E-state index >= 15 is 0 Å². The van der Waals surface area contributed by atoms with E-state index in [4.69, 9.17) is 16.6 Å². The first-order chi connectivity index (χ1) is 12.7. The van der Waals surface area contributed by atoms with Crippen molar-refractivity contribution in [3.8, 4) is 0 Å². The maximum atomic E-state index is 6.43. The Morgan fingerprint density at radius 2 is 2.00 bits per heavy atom. The van der Waals surface area contributed by atoms with Gasteiger partial charge in [-0.1, -0.05) is 73.7 Å². The van der Waals surface area contributed by atoms with Crippen LogP contribution in [-0.4, -0.2) is 19.5 Å². The van der Waals surface area contributed by atoms with Gasteiger partial charge >= 0.3 is 0 Å². The molecule has 0 aliphatic heterocycles. The van der Waals surface area contributed by atoms with Crippen LogP contribution < -0.4 is 0 Å². The van der Waals surface area contributed by atoms with Crippen LogP contribution in [0.15, 0.2) is 42.8 Å². The lowest BCUT2D eigenvalue weighted by Crippen LogP contribution is -2.07. The Hall–Kier alpha value is -1.94. The number of imidazole rings is 1. The minimum Gasteiger partial charge on any atom is -0.315 e. The molecule has 0 aromatic carbocycles. The molecule has 26 heavy (non-hydrogen) atoms. The molecule has 5 heteroatoms. The molecule has 1 saturated carbocycles. The Kier molecular flexibility index (Phi) is 6.62. The molecule has 0 radical (unpaired) electrons. The van der Waals surface area contributed by atoms with Crippen molar-refractivity contribution in [1.29, 1.82) is 0 Å². The minimum atomic E-state index is 0.424. The highest BCUT2D eigenvalue weighted by Crippen LogP contribution is 2.31. The molecule has 0 bridgehead atoms. The smallest absolute Gasteiger partial charge is 0.165 e. The van der Waals surface area contributed by atoms with Gasteiger partial charge < -0.3 is 4.57 Å². The van der Waals surface area contributed by atoms with Gasteiger partial charge in [-0.25, -0.2) is 15.0 Å². The lowest BCUT2D eigenvalue weighted by Gasteiger charge is -2.13. The highest BCUT2D eigenvalue weighted by molar-refractivity contribution is 6.33. The van der Waals surface area contributed by atoms with E-state index in [1.165, 1.54) is 31.3 Å². The van der Waals surface area contributed by atoms with Gasteiger partial charge in [-0.3, -0.25) is 0 Å². The van der Waals surface area contributed by atoms with Crippen LogP contribution >= 0.6 is 11.6 Å². The molecule has 3 rings (SSSR count). The number of halogens is 1. The molecule has 2 heterocycles. The van der Waals surface area contributed by atoms with Crippen molar-refractivity contribution in [3.63, 3.8) is 0 Å². The largest absolute Gasteiger partial charge is 0.315 e. The highest BCUT2D eigenvalue weighted by Gasteiger charge is 2.20. The third-order valence-corrected chi connectivity index (χ3v) is 5.30. The van der Waals surface area contributed by atoms with Gasteiger partial charge in [0.1, 0.15) is 11.3 Å². The number of aromatic nitrogens is 4.